The number of nitrogens with zero attached hydrogens (tertiary/aromatic N) is 2. The predicted octanol–water partition coefficient (Wildman–Crippen LogP) is 4.01. The largest absolute Gasteiger partial charge is 0.444 e. The molecule has 3 rings (SSSR count). The molecular formula is C21H31ClN2O4. The number of hydrogen-bond acceptors (Lipinski definition) is 5. The van der Waals surface area contributed by atoms with Crippen LogP contribution in [0.2, 0.25) is 5.02 Å². The van der Waals surface area contributed by atoms with E-state index < -0.39 is 11.2 Å². The van der Waals surface area contributed by atoms with Gasteiger partial charge in [0.05, 0.1) is 10.6 Å². The Morgan fingerprint density at radius 2 is 1.96 bits per heavy atom. The number of ether oxygens (including phenoxy) is 2. The molecule has 156 valence electrons. The van der Waals surface area contributed by atoms with Gasteiger partial charge in [-0.05, 0) is 64.5 Å². The fourth-order valence-corrected chi connectivity index (χ4v) is 4.40. The summed E-state index contributed by atoms with van der Waals surface area (Å²) in [4.78, 5) is 18.6. The number of carbonyl (C=O) groups excluding carboxylic acids is 1. The molecule has 1 amide bonds. The number of piperidine rings is 1. The molecule has 0 spiro atoms. The Morgan fingerprint density at radius 1 is 1.32 bits per heavy atom. The lowest BCUT2D eigenvalue weighted by atomic mass is 9.69. The Morgan fingerprint density at radius 3 is 2.50 bits per heavy atom. The first-order valence-electron chi connectivity index (χ1n) is 10.1. The molecule has 0 aromatic carbocycles. The minimum Gasteiger partial charge on any atom is -0.444 e. The van der Waals surface area contributed by atoms with Gasteiger partial charge in [0.25, 0.3) is 0 Å². The Balaban J connectivity index is 1.76. The van der Waals surface area contributed by atoms with Crippen LogP contribution < -0.4 is 0 Å². The molecule has 1 atom stereocenters. The van der Waals surface area contributed by atoms with Gasteiger partial charge >= 0.3 is 6.09 Å². The average Bonchev–Trinajstić information content (AvgIpc) is 2.63. The van der Waals surface area contributed by atoms with E-state index in [0.29, 0.717) is 50.1 Å². The molecule has 7 heteroatoms. The summed E-state index contributed by atoms with van der Waals surface area (Å²) in [6.45, 7) is 7.93. The molecule has 2 saturated heterocycles. The van der Waals surface area contributed by atoms with Crippen molar-refractivity contribution in [3.05, 3.63) is 29.0 Å². The third-order valence-electron chi connectivity index (χ3n) is 5.67. The van der Waals surface area contributed by atoms with Gasteiger partial charge in [-0.1, -0.05) is 11.6 Å². The van der Waals surface area contributed by atoms with Gasteiger partial charge in [-0.25, -0.2) is 4.79 Å². The Bertz CT molecular complexity index is 660. The van der Waals surface area contributed by atoms with E-state index in [4.69, 9.17) is 21.1 Å². The fourth-order valence-electron chi connectivity index (χ4n) is 4.29. The minimum absolute atomic E-state index is 0.102. The number of amides is 1. The number of aliphatic hydroxyl groups is 1. The van der Waals surface area contributed by atoms with Gasteiger partial charge in [0.2, 0.25) is 0 Å². The van der Waals surface area contributed by atoms with Crippen LogP contribution in [-0.2, 0) is 9.47 Å². The summed E-state index contributed by atoms with van der Waals surface area (Å²) >= 11 is 6.03. The summed E-state index contributed by atoms with van der Waals surface area (Å²) in [7, 11) is 0. The first kappa shape index (κ1) is 21.3. The van der Waals surface area contributed by atoms with Crippen molar-refractivity contribution < 1.29 is 19.4 Å². The van der Waals surface area contributed by atoms with E-state index in [1.807, 2.05) is 32.9 Å². The van der Waals surface area contributed by atoms with Crippen LogP contribution in [0.15, 0.2) is 18.3 Å². The first-order valence-corrected chi connectivity index (χ1v) is 10.5. The molecule has 1 aromatic rings. The van der Waals surface area contributed by atoms with Crippen molar-refractivity contribution in [2.75, 3.05) is 26.3 Å². The highest BCUT2D eigenvalue weighted by Gasteiger charge is 2.46. The van der Waals surface area contributed by atoms with Gasteiger partial charge in [-0.2, -0.15) is 0 Å². The zero-order valence-electron chi connectivity index (χ0n) is 17.0. The maximum atomic E-state index is 12.4. The fraction of sp³-hybridized carbons (Fsp3) is 0.714. The van der Waals surface area contributed by atoms with E-state index in [2.05, 4.69) is 4.98 Å². The quantitative estimate of drug-likeness (QED) is 0.815. The highest BCUT2D eigenvalue weighted by Crippen LogP contribution is 2.44. The van der Waals surface area contributed by atoms with Crippen LogP contribution in [0.1, 0.15) is 58.1 Å². The highest BCUT2D eigenvalue weighted by atomic mass is 35.5. The van der Waals surface area contributed by atoms with Crippen molar-refractivity contribution in [2.24, 2.45) is 5.92 Å². The summed E-state index contributed by atoms with van der Waals surface area (Å²) in [6.07, 6.45) is 4.11. The van der Waals surface area contributed by atoms with Gasteiger partial charge in [0.15, 0.2) is 0 Å². The smallest absolute Gasteiger partial charge is 0.410 e. The van der Waals surface area contributed by atoms with Crippen molar-refractivity contribution in [1.29, 1.82) is 0 Å². The number of carbonyl (C=O) groups is 1. The second-order valence-corrected chi connectivity index (χ2v) is 9.34. The van der Waals surface area contributed by atoms with Gasteiger partial charge in [-0.15, -0.1) is 0 Å². The Labute approximate surface area is 172 Å². The number of aromatic nitrogens is 1. The second-order valence-electron chi connectivity index (χ2n) is 8.90. The molecule has 0 bridgehead atoms. The highest BCUT2D eigenvalue weighted by molar-refractivity contribution is 6.30. The molecule has 2 aliphatic rings. The van der Waals surface area contributed by atoms with Crippen molar-refractivity contribution >= 4 is 17.7 Å². The lowest BCUT2D eigenvalue weighted by Crippen LogP contribution is -2.52. The third kappa shape index (κ3) is 5.16. The van der Waals surface area contributed by atoms with Crippen LogP contribution in [0, 0.1) is 5.92 Å². The maximum Gasteiger partial charge on any atom is 0.410 e. The molecule has 0 radical (unpaired) electrons. The van der Waals surface area contributed by atoms with E-state index in [1.54, 1.807) is 11.1 Å². The molecule has 2 fully saturated rings. The number of halogens is 1. The number of rotatable bonds is 3. The maximum absolute atomic E-state index is 12.4. The molecule has 1 aromatic heterocycles. The van der Waals surface area contributed by atoms with E-state index >= 15 is 0 Å². The normalized spacial score (nSPS) is 22.0. The van der Waals surface area contributed by atoms with Gasteiger partial charge in [0, 0.05) is 44.1 Å². The molecule has 0 aliphatic carbocycles. The van der Waals surface area contributed by atoms with Crippen molar-refractivity contribution in [3.63, 3.8) is 0 Å². The number of likely N-dealkylation sites (tertiary alicyclic amines) is 1. The Kier molecular flexibility index (Phi) is 6.52. The molecule has 0 saturated carbocycles. The van der Waals surface area contributed by atoms with Crippen molar-refractivity contribution in [3.8, 4) is 0 Å². The second kappa shape index (κ2) is 8.56. The van der Waals surface area contributed by atoms with Crippen molar-refractivity contribution in [2.45, 2.75) is 63.6 Å². The van der Waals surface area contributed by atoms with Gasteiger partial charge in [-0.3, -0.25) is 4.98 Å². The molecular weight excluding hydrogens is 380 g/mol. The standard InChI is InChI=1S/C21H31ClN2O4/c1-20(2,3)28-19(25)24-10-8-21(26,9-11-24)18(15-6-12-27-13-7-15)17-5-4-16(22)14-23-17/h4-5,14-15,18,26H,6-13H2,1-3H3/t18-/m0/s1. The van der Waals surface area contributed by atoms with E-state index in [0.717, 1.165) is 18.5 Å². The zero-order chi connectivity index (χ0) is 20.4. The first-order chi connectivity index (χ1) is 13.2. The molecule has 1 N–H and O–H groups in total. The van der Waals surface area contributed by atoms with Crippen molar-refractivity contribution in [1.82, 2.24) is 9.88 Å². The lowest BCUT2D eigenvalue weighted by Gasteiger charge is -2.46. The van der Waals surface area contributed by atoms with Gasteiger partial charge in [0.1, 0.15) is 5.60 Å². The summed E-state index contributed by atoms with van der Waals surface area (Å²) < 4.78 is 11.0. The molecule has 3 heterocycles. The van der Waals surface area contributed by atoms with Crippen LogP contribution >= 0.6 is 11.6 Å². The minimum atomic E-state index is -0.915. The van der Waals surface area contributed by atoms with E-state index in [-0.39, 0.29) is 12.0 Å². The SMILES string of the molecule is CC(C)(C)OC(=O)N1CCC(O)([C@H](c2ccc(Cl)cn2)C2CCOCC2)CC1. The third-order valence-corrected chi connectivity index (χ3v) is 5.89. The summed E-state index contributed by atoms with van der Waals surface area (Å²) in [5.41, 5.74) is -0.575. The average molecular weight is 411 g/mol. The number of pyridine rings is 1. The van der Waals surface area contributed by atoms with E-state index in [1.165, 1.54) is 0 Å². The lowest BCUT2D eigenvalue weighted by molar-refractivity contribution is -0.0735. The molecule has 6 nitrogen and oxygen atoms in total. The Hall–Kier alpha value is -1.37. The van der Waals surface area contributed by atoms with Crippen LogP contribution in [-0.4, -0.2) is 58.6 Å². The molecule has 2 aliphatic heterocycles. The zero-order valence-corrected chi connectivity index (χ0v) is 17.7. The predicted molar refractivity (Wildman–Crippen MR) is 108 cm³/mol. The summed E-state index contributed by atoms with van der Waals surface area (Å²) in [5.74, 6) is 0.190. The molecule has 0 unspecified atom stereocenters. The molecule has 28 heavy (non-hydrogen) atoms. The van der Waals surface area contributed by atoms with Crippen LogP contribution in [0.5, 0.6) is 0 Å². The van der Waals surface area contributed by atoms with Crippen LogP contribution in [0.4, 0.5) is 4.79 Å². The van der Waals surface area contributed by atoms with Gasteiger partial charge < -0.3 is 19.5 Å². The summed E-state index contributed by atoms with van der Waals surface area (Å²) in [5, 5.41) is 12.2. The topological polar surface area (TPSA) is 71.9 Å². The monoisotopic (exact) mass is 410 g/mol. The van der Waals surface area contributed by atoms with E-state index in [9.17, 15) is 9.90 Å². The van der Waals surface area contributed by atoms with Crippen LogP contribution in [0.3, 0.4) is 0 Å². The van der Waals surface area contributed by atoms with Crippen LogP contribution in [0.25, 0.3) is 0 Å². The summed E-state index contributed by atoms with van der Waals surface area (Å²) in [6, 6.07) is 3.75. The number of hydrogen-bond donors (Lipinski definition) is 1.